The van der Waals surface area contributed by atoms with Gasteiger partial charge in [0.15, 0.2) is 58.6 Å². The van der Waals surface area contributed by atoms with E-state index in [2.05, 4.69) is 61.8 Å². The summed E-state index contributed by atoms with van der Waals surface area (Å²) in [5, 5.41) is 61.1. The van der Waals surface area contributed by atoms with E-state index in [1.807, 2.05) is 0 Å². The number of anilines is 4. The Morgan fingerprint density at radius 3 is 1.29 bits per heavy atom. The second-order valence-electron chi connectivity index (χ2n) is 17.1. The first-order valence-corrected chi connectivity index (χ1v) is 22.8. The summed E-state index contributed by atoms with van der Waals surface area (Å²) in [4.78, 5) is 76.8. The van der Waals surface area contributed by atoms with Gasteiger partial charge in [-0.15, -0.1) is 0 Å². The number of halogens is 2. The van der Waals surface area contributed by atoms with Gasteiger partial charge in [-0.05, 0) is 88.4 Å². The van der Waals surface area contributed by atoms with Gasteiger partial charge in [0, 0.05) is 37.3 Å². The van der Waals surface area contributed by atoms with Gasteiger partial charge in [0.25, 0.3) is 22.7 Å². The Morgan fingerprint density at radius 1 is 0.591 bits per heavy atom. The van der Waals surface area contributed by atoms with E-state index in [4.69, 9.17) is 32.7 Å². The van der Waals surface area contributed by atoms with Crippen molar-refractivity contribution in [3.8, 4) is 0 Å². The molecule has 2 saturated heterocycles. The van der Waals surface area contributed by atoms with E-state index in [9.17, 15) is 39.6 Å². The Bertz CT molecular complexity index is 2500. The van der Waals surface area contributed by atoms with E-state index >= 15 is 0 Å². The second-order valence-corrected chi connectivity index (χ2v) is 17.7. The van der Waals surface area contributed by atoms with Gasteiger partial charge < -0.3 is 61.8 Å². The van der Waals surface area contributed by atoms with Crippen LogP contribution in [0.4, 0.5) is 23.0 Å². The van der Waals surface area contributed by atoms with E-state index in [1.54, 1.807) is 13.8 Å². The summed E-state index contributed by atoms with van der Waals surface area (Å²) in [5.74, 6) is -0.383. The first-order chi connectivity index (χ1) is 31.7. The van der Waals surface area contributed by atoms with Gasteiger partial charge in [-0.3, -0.25) is 28.3 Å². The topological polar surface area (TPSA) is 327 Å². The van der Waals surface area contributed by atoms with Crippen molar-refractivity contribution in [1.29, 1.82) is 0 Å². The molecule has 0 spiro atoms. The second kappa shape index (κ2) is 18.7. The van der Waals surface area contributed by atoms with E-state index in [0.717, 1.165) is 0 Å². The lowest BCUT2D eigenvalue weighted by atomic mass is 9.90. The lowest BCUT2D eigenvalue weighted by Gasteiger charge is -2.33. The quantitative estimate of drug-likeness (QED) is 0.0519. The predicted molar refractivity (Wildman–Crippen MR) is 238 cm³/mol. The number of nitrogens with one attached hydrogen (secondary N) is 6. The first-order valence-electron chi connectivity index (χ1n) is 22.0. The fraction of sp³-hybridized carbons (Fsp3) is 0.600. The van der Waals surface area contributed by atoms with Gasteiger partial charge in [-0.25, -0.2) is 9.97 Å². The molecule has 24 nitrogen and oxygen atoms in total. The van der Waals surface area contributed by atoms with E-state index < -0.39 is 71.8 Å². The average Bonchev–Trinajstić information content (AvgIpc) is 4.07. The smallest absolute Gasteiger partial charge is 0.253 e. The Hall–Kier alpha value is -5.34. The van der Waals surface area contributed by atoms with Gasteiger partial charge in [0.05, 0.1) is 12.7 Å². The average molecular weight is 958 g/mol. The molecule has 4 aliphatic rings. The number of ether oxygens (including phenoxy) is 2. The van der Waals surface area contributed by atoms with Gasteiger partial charge in [-0.2, -0.15) is 19.9 Å². The third-order valence-corrected chi connectivity index (χ3v) is 13.1. The zero-order valence-electron chi connectivity index (χ0n) is 35.7. The number of aliphatic hydroxyl groups is 4. The lowest BCUT2D eigenvalue weighted by molar-refractivity contribution is -0.138. The van der Waals surface area contributed by atoms with Crippen molar-refractivity contribution in [2.75, 3.05) is 34.4 Å². The summed E-state index contributed by atoms with van der Waals surface area (Å²) >= 11 is 12.7. The highest BCUT2D eigenvalue weighted by atomic mass is 35.5. The third-order valence-electron chi connectivity index (χ3n) is 12.8. The van der Waals surface area contributed by atoms with Crippen LogP contribution >= 0.6 is 23.2 Å². The molecule has 1 aromatic carbocycles. The summed E-state index contributed by atoms with van der Waals surface area (Å²) in [5.41, 5.74) is 0.642. The molecule has 10 N–H and O–H groups in total. The maximum atomic E-state index is 12.8. The summed E-state index contributed by atoms with van der Waals surface area (Å²) in [6.07, 6.45) is -2.55. The number of likely N-dealkylation sites (N-methyl/N-ethyl adjacent to an activating group) is 2. The van der Waals surface area contributed by atoms with Crippen molar-refractivity contribution in [3.05, 3.63) is 43.7 Å². The van der Waals surface area contributed by atoms with E-state index in [1.165, 1.54) is 21.8 Å². The molecule has 2 aliphatic heterocycles. The molecular formula is C40H50Cl2N14O10. The fourth-order valence-corrected chi connectivity index (χ4v) is 9.67. The van der Waals surface area contributed by atoms with Crippen molar-refractivity contribution in [2.45, 2.75) is 138 Å². The Kier molecular flexibility index (Phi) is 13.0. The van der Waals surface area contributed by atoms with Crippen molar-refractivity contribution in [2.24, 2.45) is 0 Å². The minimum atomic E-state index is -1.48. The molecule has 354 valence electrons. The van der Waals surface area contributed by atoms with Gasteiger partial charge in [-0.1, -0.05) is 0 Å². The van der Waals surface area contributed by atoms with Crippen LogP contribution in [0.1, 0.15) is 77.7 Å². The molecule has 0 radical (unpaired) electrons. The summed E-state index contributed by atoms with van der Waals surface area (Å²) in [6.45, 7) is 4.10. The Labute approximate surface area is 384 Å². The van der Waals surface area contributed by atoms with Crippen LogP contribution in [-0.4, -0.2) is 145 Å². The molecule has 66 heavy (non-hydrogen) atoms. The minimum absolute atomic E-state index is 0.0464. The SMILES string of the molecule is CCNC(=O)[C@H]1O[C@@H](n2cnc3c(NC4CCC(Nc5c(NC6CCC(Nc7nc(Cl)nc8c7ncn8[C@@H]7O[C@H](C(=O)NCC)[C@@H](O)[C@H]7O)CC6)c(=O)c5=O)CC4)nc(Cl)nc32)[C@H](O)[C@@H]1O. The summed E-state index contributed by atoms with van der Waals surface area (Å²) in [7, 11) is 0. The zero-order valence-corrected chi connectivity index (χ0v) is 37.2. The summed E-state index contributed by atoms with van der Waals surface area (Å²) < 4.78 is 14.4. The maximum Gasteiger partial charge on any atom is 0.253 e. The molecule has 4 fully saturated rings. The largest absolute Gasteiger partial charge is 0.387 e. The number of hydrogen-bond donors (Lipinski definition) is 10. The number of amides is 2. The predicted octanol–water partition coefficient (Wildman–Crippen LogP) is 0.0498. The van der Waals surface area contributed by atoms with Gasteiger partial charge in [0.1, 0.15) is 35.8 Å². The molecule has 6 heterocycles. The van der Waals surface area contributed by atoms with Gasteiger partial charge in [0.2, 0.25) is 10.6 Å². The number of carbonyl (C=O) groups is 2. The highest BCUT2D eigenvalue weighted by Crippen LogP contribution is 2.36. The van der Waals surface area contributed by atoms with E-state index in [-0.39, 0.29) is 57.4 Å². The molecule has 2 amide bonds. The number of rotatable bonds is 14. The molecule has 26 heteroatoms. The fourth-order valence-electron chi connectivity index (χ4n) is 9.34. The number of imidazole rings is 2. The highest BCUT2D eigenvalue weighted by Gasteiger charge is 2.49. The van der Waals surface area contributed by atoms with Crippen LogP contribution in [0.3, 0.4) is 0 Å². The summed E-state index contributed by atoms with van der Waals surface area (Å²) in [6, 6.07) is -0.230. The van der Waals surface area contributed by atoms with Crippen LogP contribution in [0, 0.1) is 0 Å². The molecule has 5 aromatic rings. The monoisotopic (exact) mass is 956 g/mol. The zero-order chi connectivity index (χ0) is 46.6. The van der Waals surface area contributed by atoms with Crippen molar-refractivity contribution < 1.29 is 39.5 Å². The third kappa shape index (κ3) is 8.59. The number of aromatic nitrogens is 8. The molecular weight excluding hydrogens is 907 g/mol. The maximum absolute atomic E-state index is 12.8. The number of fused-ring (bicyclic) bond motifs is 2. The molecule has 2 aliphatic carbocycles. The lowest BCUT2D eigenvalue weighted by Crippen LogP contribution is -2.43. The number of hydrogen-bond acceptors (Lipinski definition) is 20. The highest BCUT2D eigenvalue weighted by molar-refractivity contribution is 6.29. The normalized spacial score (nSPS) is 30.2. The molecule has 0 bridgehead atoms. The standard InChI is InChI=1S/C40H50Cl2N14O10/c1-3-43-35(63)29-25(59)27(61)37(65-29)55-13-45-21-31(51-39(41)53-33(21)55)49-17-9-5-15(6-10-17)47-19-20(24(58)23(19)57)48-16-7-11-18(12-8-16)50-32-22-34(54-40(42)52-32)56(14-46-22)38-28(62)26(60)30(66-38)36(64)44-4-2/h13-18,25-30,37-38,47-48,59-62H,3-12H2,1-2H3,(H,43,63)(H,44,64)(H,49,51,53)(H,50,52,54)/t15?,16?,17?,18?,25-,26-,27+,28+,29-,30-,37+,38+/m0/s1. The molecule has 2 saturated carbocycles. The van der Waals surface area contributed by atoms with Gasteiger partial charge >= 0.3 is 0 Å². The van der Waals surface area contributed by atoms with Crippen LogP contribution in [0.2, 0.25) is 10.6 Å². The molecule has 9 rings (SSSR count). The van der Waals surface area contributed by atoms with Crippen LogP contribution < -0.4 is 42.8 Å². The van der Waals surface area contributed by atoms with Crippen molar-refractivity contribution >= 4 is 80.4 Å². The Balaban J connectivity index is 0.780. The van der Waals surface area contributed by atoms with Crippen LogP contribution in [0.25, 0.3) is 22.3 Å². The minimum Gasteiger partial charge on any atom is -0.387 e. The van der Waals surface area contributed by atoms with Crippen LogP contribution in [0.15, 0.2) is 22.2 Å². The number of nitrogens with zero attached hydrogens (tertiary/aromatic N) is 8. The first kappa shape index (κ1) is 45.8. The van der Waals surface area contributed by atoms with Crippen molar-refractivity contribution in [3.63, 3.8) is 0 Å². The van der Waals surface area contributed by atoms with Crippen LogP contribution in [-0.2, 0) is 19.1 Å². The Morgan fingerprint density at radius 2 is 0.939 bits per heavy atom. The molecule has 4 aromatic heterocycles. The molecule has 0 unspecified atom stereocenters. The number of carbonyl (C=O) groups excluding carboxylic acids is 2. The molecule has 8 atom stereocenters. The van der Waals surface area contributed by atoms with Crippen LogP contribution in [0.5, 0.6) is 0 Å². The van der Waals surface area contributed by atoms with Crippen molar-refractivity contribution in [1.82, 2.24) is 49.7 Å². The van der Waals surface area contributed by atoms with E-state index in [0.29, 0.717) is 87.1 Å². The number of aliphatic hydroxyl groups excluding tert-OH is 4.